The average molecular weight is 262 g/mol. The van der Waals surface area contributed by atoms with Crippen LogP contribution in [0.5, 0.6) is 0 Å². The number of rotatable bonds is 2. The Morgan fingerprint density at radius 2 is 1.37 bits per heavy atom. The van der Waals surface area contributed by atoms with Crippen LogP contribution in [0.4, 0.5) is 0 Å². The average Bonchev–Trinajstić information content (AvgIpc) is 2.49. The lowest BCUT2D eigenvalue weighted by molar-refractivity contribution is 0.314. The van der Waals surface area contributed by atoms with E-state index in [-0.39, 0.29) is 11.5 Å². The molecule has 0 saturated heterocycles. The van der Waals surface area contributed by atoms with Crippen molar-refractivity contribution in [3.63, 3.8) is 0 Å². The van der Waals surface area contributed by atoms with E-state index in [1.54, 1.807) is 0 Å². The number of hydrogen-bond acceptors (Lipinski definition) is 4. The van der Waals surface area contributed by atoms with E-state index >= 15 is 0 Å². The normalized spacial score (nSPS) is 22.5. The second-order valence-corrected chi connectivity index (χ2v) is 5.98. The van der Waals surface area contributed by atoms with Crippen molar-refractivity contribution in [2.45, 2.75) is 76.0 Å². The molecular weight excluding hydrogens is 240 g/mol. The summed E-state index contributed by atoms with van der Waals surface area (Å²) in [4.78, 5) is 12.1. The minimum absolute atomic E-state index is 0.234. The van der Waals surface area contributed by atoms with Gasteiger partial charge in [-0.1, -0.05) is 38.5 Å². The van der Waals surface area contributed by atoms with E-state index in [2.05, 4.69) is 10.2 Å². The maximum absolute atomic E-state index is 12.1. The molecule has 19 heavy (non-hydrogen) atoms. The zero-order valence-corrected chi connectivity index (χ0v) is 11.4. The Labute approximate surface area is 113 Å². The molecular formula is C15H22N2O2. The Morgan fingerprint density at radius 3 is 1.95 bits per heavy atom. The number of aromatic nitrogens is 2. The summed E-state index contributed by atoms with van der Waals surface area (Å²) in [5, 5.41) is 8.44. The molecule has 1 aromatic heterocycles. The second-order valence-electron chi connectivity index (χ2n) is 5.98. The SMILES string of the molecule is O=c1oc(C2CCCCC2)nnc1C1CCCCC1. The van der Waals surface area contributed by atoms with Crippen LogP contribution >= 0.6 is 0 Å². The molecule has 2 aliphatic carbocycles. The van der Waals surface area contributed by atoms with Crippen LogP contribution < -0.4 is 5.63 Å². The molecule has 104 valence electrons. The molecule has 3 rings (SSSR count). The topological polar surface area (TPSA) is 56.0 Å². The molecule has 0 N–H and O–H groups in total. The van der Waals surface area contributed by atoms with Crippen LogP contribution in [0, 0.1) is 0 Å². The predicted molar refractivity (Wildman–Crippen MR) is 72.2 cm³/mol. The largest absolute Gasteiger partial charge is 0.405 e. The van der Waals surface area contributed by atoms with Crippen LogP contribution in [0.15, 0.2) is 9.21 Å². The third-order valence-electron chi connectivity index (χ3n) is 4.61. The van der Waals surface area contributed by atoms with Crippen molar-refractivity contribution in [1.29, 1.82) is 0 Å². The smallest absolute Gasteiger partial charge is 0.361 e. The molecule has 0 radical (unpaired) electrons. The summed E-state index contributed by atoms with van der Waals surface area (Å²) in [5.41, 5.74) is 0.335. The van der Waals surface area contributed by atoms with E-state index in [1.165, 1.54) is 38.5 Å². The molecule has 0 aromatic carbocycles. The van der Waals surface area contributed by atoms with Crippen molar-refractivity contribution >= 4 is 0 Å². The lowest BCUT2D eigenvalue weighted by atomic mass is 9.87. The first-order valence-electron chi connectivity index (χ1n) is 7.72. The molecule has 0 spiro atoms. The van der Waals surface area contributed by atoms with Crippen molar-refractivity contribution in [2.24, 2.45) is 0 Å². The van der Waals surface area contributed by atoms with E-state index in [9.17, 15) is 4.79 Å². The van der Waals surface area contributed by atoms with Gasteiger partial charge in [-0.2, -0.15) is 0 Å². The first-order chi connectivity index (χ1) is 9.34. The van der Waals surface area contributed by atoms with Crippen molar-refractivity contribution in [3.05, 3.63) is 22.0 Å². The van der Waals surface area contributed by atoms with Crippen molar-refractivity contribution in [1.82, 2.24) is 10.2 Å². The van der Waals surface area contributed by atoms with Gasteiger partial charge in [0, 0.05) is 11.8 Å². The Hall–Kier alpha value is -1.19. The van der Waals surface area contributed by atoms with Gasteiger partial charge in [-0.3, -0.25) is 0 Å². The van der Waals surface area contributed by atoms with Crippen LogP contribution in [-0.4, -0.2) is 10.2 Å². The Morgan fingerprint density at radius 1 is 0.789 bits per heavy atom. The Kier molecular flexibility index (Phi) is 3.95. The standard InChI is InChI=1S/C15H22N2O2/c18-15-13(11-7-3-1-4-8-11)16-17-14(19-15)12-9-5-2-6-10-12/h11-12H,1-10H2. The van der Waals surface area contributed by atoms with Crippen LogP contribution in [-0.2, 0) is 0 Å². The monoisotopic (exact) mass is 262 g/mol. The summed E-state index contributed by atoms with van der Waals surface area (Å²) < 4.78 is 5.47. The molecule has 2 aliphatic rings. The summed E-state index contributed by atoms with van der Waals surface area (Å²) in [5.74, 6) is 1.16. The van der Waals surface area contributed by atoms with Gasteiger partial charge in [0.25, 0.3) is 0 Å². The first-order valence-corrected chi connectivity index (χ1v) is 7.72. The highest BCUT2D eigenvalue weighted by Gasteiger charge is 2.24. The minimum Gasteiger partial charge on any atom is -0.405 e. The summed E-state index contributed by atoms with van der Waals surface area (Å²) in [6, 6.07) is 0. The molecule has 0 bridgehead atoms. The van der Waals surface area contributed by atoms with Gasteiger partial charge in [0.15, 0.2) is 5.69 Å². The van der Waals surface area contributed by atoms with E-state index < -0.39 is 0 Å². The third-order valence-corrected chi connectivity index (χ3v) is 4.61. The van der Waals surface area contributed by atoms with Crippen LogP contribution in [0.1, 0.15) is 87.6 Å². The molecule has 1 heterocycles. The van der Waals surface area contributed by atoms with Crippen molar-refractivity contribution in [3.8, 4) is 0 Å². The predicted octanol–water partition coefficient (Wildman–Crippen LogP) is 3.53. The fraction of sp³-hybridized carbons (Fsp3) is 0.800. The quantitative estimate of drug-likeness (QED) is 0.818. The maximum Gasteiger partial charge on any atom is 0.361 e. The van der Waals surface area contributed by atoms with Crippen LogP contribution in [0.25, 0.3) is 0 Å². The molecule has 1 aromatic rings. The zero-order valence-electron chi connectivity index (χ0n) is 11.4. The van der Waals surface area contributed by atoms with Gasteiger partial charge in [0.1, 0.15) is 0 Å². The van der Waals surface area contributed by atoms with E-state index in [4.69, 9.17) is 4.42 Å². The highest BCUT2D eigenvalue weighted by molar-refractivity contribution is 5.03. The molecule has 0 unspecified atom stereocenters. The van der Waals surface area contributed by atoms with E-state index in [0.29, 0.717) is 17.5 Å². The van der Waals surface area contributed by atoms with Gasteiger partial charge in [-0.05, 0) is 25.7 Å². The highest BCUT2D eigenvalue weighted by Crippen LogP contribution is 2.32. The molecule has 2 saturated carbocycles. The summed E-state index contributed by atoms with van der Waals surface area (Å²) in [6.45, 7) is 0. The minimum atomic E-state index is -0.234. The van der Waals surface area contributed by atoms with Gasteiger partial charge in [-0.15, -0.1) is 10.2 Å². The highest BCUT2D eigenvalue weighted by atomic mass is 16.4. The van der Waals surface area contributed by atoms with Gasteiger partial charge in [-0.25, -0.2) is 4.79 Å². The van der Waals surface area contributed by atoms with Gasteiger partial charge < -0.3 is 4.42 Å². The van der Waals surface area contributed by atoms with Gasteiger partial charge in [0.05, 0.1) is 0 Å². The molecule has 0 atom stereocenters. The molecule has 2 fully saturated rings. The van der Waals surface area contributed by atoms with E-state index in [1.807, 2.05) is 0 Å². The fourth-order valence-electron chi connectivity index (χ4n) is 3.45. The maximum atomic E-state index is 12.1. The number of nitrogens with zero attached hydrogens (tertiary/aromatic N) is 2. The summed E-state index contributed by atoms with van der Waals surface area (Å²) in [6.07, 6.45) is 11.6. The van der Waals surface area contributed by atoms with Crippen molar-refractivity contribution < 1.29 is 4.42 Å². The molecule has 0 amide bonds. The van der Waals surface area contributed by atoms with Gasteiger partial charge in [0.2, 0.25) is 5.89 Å². The molecule has 4 nitrogen and oxygen atoms in total. The molecule has 4 heteroatoms. The van der Waals surface area contributed by atoms with Crippen LogP contribution in [0.3, 0.4) is 0 Å². The Bertz CT molecular complexity index is 471. The van der Waals surface area contributed by atoms with Crippen molar-refractivity contribution in [2.75, 3.05) is 0 Å². The van der Waals surface area contributed by atoms with Gasteiger partial charge >= 0.3 is 5.63 Å². The zero-order chi connectivity index (χ0) is 13.1. The summed E-state index contributed by atoms with van der Waals surface area (Å²) >= 11 is 0. The second kappa shape index (κ2) is 5.85. The fourth-order valence-corrected chi connectivity index (χ4v) is 3.45. The third kappa shape index (κ3) is 2.88. The Balaban J connectivity index is 1.78. The summed E-state index contributed by atoms with van der Waals surface area (Å²) in [7, 11) is 0. The lowest BCUT2D eigenvalue weighted by Gasteiger charge is -2.21. The van der Waals surface area contributed by atoms with E-state index in [0.717, 1.165) is 25.7 Å². The first kappa shape index (κ1) is 12.8. The lowest BCUT2D eigenvalue weighted by Crippen LogP contribution is -2.21. The number of hydrogen-bond donors (Lipinski definition) is 0. The van der Waals surface area contributed by atoms with Crippen LogP contribution in [0.2, 0.25) is 0 Å². The molecule has 0 aliphatic heterocycles.